The number of anilines is 1. The zero-order chi connectivity index (χ0) is 14.7. The van der Waals surface area contributed by atoms with Gasteiger partial charge in [0, 0.05) is 16.2 Å². The van der Waals surface area contributed by atoms with Crippen LogP contribution in [0.5, 0.6) is 0 Å². The maximum Gasteiger partial charge on any atom is 0.253 e. The smallest absolute Gasteiger partial charge is 0.253 e. The first-order chi connectivity index (χ1) is 9.49. The second kappa shape index (κ2) is 6.61. The first-order valence-electron chi connectivity index (χ1n) is 7.35. The van der Waals surface area contributed by atoms with Crippen LogP contribution in [0.3, 0.4) is 0 Å². The molecule has 1 saturated carbocycles. The Labute approximate surface area is 129 Å². The molecule has 3 nitrogen and oxygen atoms in total. The molecular formula is C16H23BrN2O. The van der Waals surface area contributed by atoms with Gasteiger partial charge in [0.05, 0.1) is 5.56 Å². The van der Waals surface area contributed by atoms with Gasteiger partial charge in [-0.15, -0.1) is 0 Å². The van der Waals surface area contributed by atoms with E-state index < -0.39 is 0 Å². The molecular weight excluding hydrogens is 316 g/mol. The molecule has 1 aliphatic carbocycles. The summed E-state index contributed by atoms with van der Waals surface area (Å²) in [5.74, 6) is 1.11. The molecule has 20 heavy (non-hydrogen) atoms. The molecule has 2 rings (SSSR count). The van der Waals surface area contributed by atoms with Crippen molar-refractivity contribution in [3.63, 3.8) is 0 Å². The van der Waals surface area contributed by atoms with Crippen molar-refractivity contribution in [2.45, 2.75) is 45.6 Å². The monoisotopic (exact) mass is 338 g/mol. The van der Waals surface area contributed by atoms with Gasteiger partial charge in [-0.25, -0.2) is 0 Å². The highest BCUT2D eigenvalue weighted by molar-refractivity contribution is 9.10. The van der Waals surface area contributed by atoms with Crippen molar-refractivity contribution >= 4 is 27.5 Å². The maximum atomic E-state index is 12.4. The molecule has 2 unspecified atom stereocenters. The Morgan fingerprint density at radius 2 is 2.05 bits per heavy atom. The second-order valence-corrected chi connectivity index (χ2v) is 6.92. The van der Waals surface area contributed by atoms with E-state index in [0.717, 1.165) is 10.9 Å². The van der Waals surface area contributed by atoms with E-state index in [1.54, 1.807) is 12.1 Å². The van der Waals surface area contributed by atoms with E-state index in [9.17, 15) is 4.79 Å². The largest absolute Gasteiger partial charge is 0.398 e. The van der Waals surface area contributed by atoms with Crippen LogP contribution in [-0.2, 0) is 0 Å². The number of hydrogen-bond acceptors (Lipinski definition) is 2. The summed E-state index contributed by atoms with van der Waals surface area (Å²) in [6.45, 7) is 4.48. The Hall–Kier alpha value is -1.03. The third-order valence-corrected chi connectivity index (χ3v) is 4.75. The lowest BCUT2D eigenvalue weighted by atomic mass is 9.78. The number of benzene rings is 1. The SMILES string of the molecule is CC(C)C1CCCCC1NC(=O)c1cc(Br)ccc1N. The summed E-state index contributed by atoms with van der Waals surface area (Å²) >= 11 is 3.39. The van der Waals surface area contributed by atoms with Crippen molar-refractivity contribution in [1.29, 1.82) is 0 Å². The lowest BCUT2D eigenvalue weighted by Gasteiger charge is -2.35. The molecule has 0 saturated heterocycles. The molecule has 0 radical (unpaired) electrons. The van der Waals surface area contributed by atoms with E-state index >= 15 is 0 Å². The van der Waals surface area contributed by atoms with Crippen molar-refractivity contribution in [3.8, 4) is 0 Å². The van der Waals surface area contributed by atoms with Gasteiger partial charge in [-0.2, -0.15) is 0 Å². The Morgan fingerprint density at radius 1 is 1.35 bits per heavy atom. The molecule has 1 aromatic rings. The highest BCUT2D eigenvalue weighted by Gasteiger charge is 2.29. The van der Waals surface area contributed by atoms with Gasteiger partial charge in [0.1, 0.15) is 0 Å². The summed E-state index contributed by atoms with van der Waals surface area (Å²) in [6, 6.07) is 5.68. The van der Waals surface area contributed by atoms with E-state index in [1.165, 1.54) is 19.3 Å². The average molecular weight is 339 g/mol. The zero-order valence-electron chi connectivity index (χ0n) is 12.2. The van der Waals surface area contributed by atoms with Gasteiger partial charge in [-0.05, 0) is 42.9 Å². The average Bonchev–Trinajstić information content (AvgIpc) is 2.41. The van der Waals surface area contributed by atoms with E-state index in [2.05, 4.69) is 35.1 Å². The fourth-order valence-electron chi connectivity index (χ4n) is 3.11. The highest BCUT2D eigenvalue weighted by atomic mass is 79.9. The minimum atomic E-state index is -0.0543. The molecule has 0 spiro atoms. The molecule has 2 atom stereocenters. The van der Waals surface area contributed by atoms with Gasteiger partial charge in [0.25, 0.3) is 5.91 Å². The standard InChI is InChI=1S/C16H23BrN2O/c1-10(2)12-5-3-4-6-15(12)19-16(20)13-9-11(17)7-8-14(13)18/h7-10,12,15H,3-6,18H2,1-2H3,(H,19,20). The fraction of sp³-hybridized carbons (Fsp3) is 0.562. The zero-order valence-corrected chi connectivity index (χ0v) is 13.7. The minimum Gasteiger partial charge on any atom is -0.398 e. The third-order valence-electron chi connectivity index (χ3n) is 4.25. The number of amides is 1. The van der Waals surface area contributed by atoms with Crippen LogP contribution in [-0.4, -0.2) is 11.9 Å². The van der Waals surface area contributed by atoms with E-state index in [0.29, 0.717) is 23.1 Å². The molecule has 4 heteroatoms. The van der Waals surface area contributed by atoms with Crippen LogP contribution in [0.1, 0.15) is 49.9 Å². The number of nitrogen functional groups attached to an aromatic ring is 1. The van der Waals surface area contributed by atoms with Crippen LogP contribution in [0.15, 0.2) is 22.7 Å². The molecule has 1 fully saturated rings. The van der Waals surface area contributed by atoms with Gasteiger partial charge in [-0.1, -0.05) is 42.6 Å². The number of carbonyl (C=O) groups excluding carboxylic acids is 1. The molecule has 1 aromatic carbocycles. The van der Waals surface area contributed by atoms with Crippen molar-refractivity contribution in [3.05, 3.63) is 28.2 Å². The predicted molar refractivity (Wildman–Crippen MR) is 86.6 cm³/mol. The van der Waals surface area contributed by atoms with Crippen LogP contribution in [0, 0.1) is 11.8 Å². The Bertz CT molecular complexity index is 487. The third kappa shape index (κ3) is 3.54. The number of nitrogens with two attached hydrogens (primary N) is 1. The normalized spacial score (nSPS) is 22.8. The van der Waals surface area contributed by atoms with Gasteiger partial charge in [-0.3, -0.25) is 4.79 Å². The lowest BCUT2D eigenvalue weighted by molar-refractivity contribution is 0.0890. The summed E-state index contributed by atoms with van der Waals surface area (Å²) in [4.78, 5) is 12.4. The molecule has 1 amide bonds. The quantitative estimate of drug-likeness (QED) is 0.819. The first-order valence-corrected chi connectivity index (χ1v) is 8.14. The first kappa shape index (κ1) is 15.4. The van der Waals surface area contributed by atoms with Gasteiger partial charge >= 0.3 is 0 Å². The van der Waals surface area contributed by atoms with Crippen molar-refractivity contribution in [2.24, 2.45) is 11.8 Å². The predicted octanol–water partition coefficient (Wildman–Crippen LogP) is 3.98. The van der Waals surface area contributed by atoms with E-state index in [1.807, 2.05) is 6.07 Å². The maximum absolute atomic E-state index is 12.4. The molecule has 0 aliphatic heterocycles. The molecule has 0 aromatic heterocycles. The number of hydrogen-bond donors (Lipinski definition) is 2. The lowest BCUT2D eigenvalue weighted by Crippen LogP contribution is -2.44. The molecule has 0 bridgehead atoms. The van der Waals surface area contributed by atoms with Gasteiger partial charge < -0.3 is 11.1 Å². The highest BCUT2D eigenvalue weighted by Crippen LogP contribution is 2.30. The van der Waals surface area contributed by atoms with Crippen LogP contribution in [0.2, 0.25) is 0 Å². The minimum absolute atomic E-state index is 0.0543. The van der Waals surface area contributed by atoms with Gasteiger partial charge in [0.15, 0.2) is 0 Å². The van der Waals surface area contributed by atoms with Crippen LogP contribution in [0.4, 0.5) is 5.69 Å². The number of carbonyl (C=O) groups is 1. The van der Waals surface area contributed by atoms with E-state index in [4.69, 9.17) is 5.73 Å². The molecule has 1 aliphatic rings. The second-order valence-electron chi connectivity index (χ2n) is 6.00. The number of halogens is 1. The van der Waals surface area contributed by atoms with Crippen molar-refractivity contribution < 1.29 is 4.79 Å². The topological polar surface area (TPSA) is 55.1 Å². The Kier molecular flexibility index (Phi) is 5.08. The summed E-state index contributed by atoms with van der Waals surface area (Å²) < 4.78 is 0.876. The summed E-state index contributed by atoms with van der Waals surface area (Å²) in [5, 5.41) is 3.19. The summed E-state index contributed by atoms with van der Waals surface area (Å²) in [7, 11) is 0. The van der Waals surface area contributed by atoms with Gasteiger partial charge in [0.2, 0.25) is 0 Å². The summed E-state index contributed by atoms with van der Waals surface area (Å²) in [5.41, 5.74) is 7.00. The molecule has 3 N–H and O–H groups in total. The Morgan fingerprint density at radius 3 is 2.75 bits per heavy atom. The summed E-state index contributed by atoms with van der Waals surface area (Å²) in [6.07, 6.45) is 4.75. The molecule has 110 valence electrons. The number of rotatable bonds is 3. The van der Waals surface area contributed by atoms with Crippen LogP contribution < -0.4 is 11.1 Å². The van der Waals surface area contributed by atoms with Crippen molar-refractivity contribution in [1.82, 2.24) is 5.32 Å². The van der Waals surface area contributed by atoms with Crippen molar-refractivity contribution in [2.75, 3.05) is 5.73 Å². The Balaban J connectivity index is 2.11. The molecule has 0 heterocycles. The number of nitrogens with one attached hydrogen (secondary N) is 1. The van der Waals surface area contributed by atoms with E-state index in [-0.39, 0.29) is 11.9 Å². The fourth-order valence-corrected chi connectivity index (χ4v) is 3.47. The van der Waals surface area contributed by atoms with Crippen LogP contribution >= 0.6 is 15.9 Å². The van der Waals surface area contributed by atoms with Crippen LogP contribution in [0.25, 0.3) is 0 Å².